The van der Waals surface area contributed by atoms with Crippen LogP contribution in [0.2, 0.25) is 0 Å². The van der Waals surface area contributed by atoms with Gasteiger partial charge in [0.2, 0.25) is 0 Å². The van der Waals surface area contributed by atoms with E-state index >= 15 is 0 Å². The van der Waals surface area contributed by atoms with E-state index in [4.69, 9.17) is 9.84 Å². The summed E-state index contributed by atoms with van der Waals surface area (Å²) >= 11 is 0. The average molecular weight is 278 g/mol. The van der Waals surface area contributed by atoms with Crippen molar-refractivity contribution in [2.24, 2.45) is 0 Å². The van der Waals surface area contributed by atoms with Crippen molar-refractivity contribution < 1.29 is 19.4 Å². The zero-order chi connectivity index (χ0) is 14.4. The maximum Gasteiger partial charge on any atom is 0.329 e. The summed E-state index contributed by atoms with van der Waals surface area (Å²) in [6.45, 7) is 0.0854. The fourth-order valence-electron chi connectivity index (χ4n) is 2.22. The number of carboxylic acids is 1. The minimum Gasteiger partial charge on any atom is -0.480 e. The fourth-order valence-corrected chi connectivity index (χ4v) is 2.22. The molecule has 2 amide bonds. The molecule has 0 radical (unpaired) electrons. The van der Waals surface area contributed by atoms with Gasteiger partial charge >= 0.3 is 12.0 Å². The smallest absolute Gasteiger partial charge is 0.329 e. The van der Waals surface area contributed by atoms with Gasteiger partial charge in [-0.15, -0.1) is 0 Å². The Morgan fingerprint density at radius 2 is 2.05 bits per heavy atom. The molecule has 0 aromatic heterocycles. The van der Waals surface area contributed by atoms with E-state index in [-0.39, 0.29) is 25.8 Å². The summed E-state index contributed by atoms with van der Waals surface area (Å²) in [6, 6.07) is 5.63. The van der Waals surface area contributed by atoms with Crippen molar-refractivity contribution in [2.45, 2.75) is 19.3 Å². The van der Waals surface area contributed by atoms with Gasteiger partial charge in [-0.05, 0) is 42.5 Å². The molecule has 0 bridgehead atoms. The van der Waals surface area contributed by atoms with Crippen LogP contribution in [0.4, 0.5) is 10.5 Å². The molecule has 6 nitrogen and oxygen atoms in total. The van der Waals surface area contributed by atoms with Gasteiger partial charge < -0.3 is 20.5 Å². The van der Waals surface area contributed by atoms with E-state index in [9.17, 15) is 9.59 Å². The Kier molecular flexibility index (Phi) is 4.95. The van der Waals surface area contributed by atoms with E-state index < -0.39 is 5.97 Å². The molecule has 108 valence electrons. The molecule has 0 unspecified atom stereocenters. The van der Waals surface area contributed by atoms with Gasteiger partial charge in [-0.2, -0.15) is 0 Å². The predicted molar refractivity (Wildman–Crippen MR) is 73.9 cm³/mol. The number of ether oxygens (including phenoxy) is 1. The molecule has 3 N–H and O–H groups in total. The van der Waals surface area contributed by atoms with Crippen molar-refractivity contribution in [3.8, 4) is 0 Å². The Morgan fingerprint density at radius 1 is 1.25 bits per heavy atom. The van der Waals surface area contributed by atoms with E-state index in [2.05, 4.69) is 10.6 Å². The third-order valence-corrected chi connectivity index (χ3v) is 3.11. The van der Waals surface area contributed by atoms with E-state index in [1.54, 1.807) is 0 Å². The molecule has 0 atom stereocenters. The van der Waals surface area contributed by atoms with Gasteiger partial charge in [0.1, 0.15) is 6.61 Å². The van der Waals surface area contributed by atoms with Gasteiger partial charge in [0.15, 0.2) is 0 Å². The summed E-state index contributed by atoms with van der Waals surface area (Å²) in [6.07, 6.45) is 3.35. The number of urea groups is 1. The van der Waals surface area contributed by atoms with Crippen LogP contribution >= 0.6 is 0 Å². The molecule has 0 spiro atoms. The summed E-state index contributed by atoms with van der Waals surface area (Å²) in [4.78, 5) is 21.8. The summed E-state index contributed by atoms with van der Waals surface area (Å²) in [5.74, 6) is -1.02. The molecule has 0 heterocycles. The molecule has 1 aromatic carbocycles. The molecule has 1 aromatic rings. The van der Waals surface area contributed by atoms with Crippen LogP contribution in [0.1, 0.15) is 17.5 Å². The monoisotopic (exact) mass is 278 g/mol. The number of amides is 2. The van der Waals surface area contributed by atoms with Gasteiger partial charge in [0, 0.05) is 12.2 Å². The molecule has 1 aliphatic rings. The first-order valence-corrected chi connectivity index (χ1v) is 6.61. The van der Waals surface area contributed by atoms with Gasteiger partial charge in [-0.3, -0.25) is 0 Å². The van der Waals surface area contributed by atoms with Gasteiger partial charge in [0.05, 0.1) is 6.61 Å². The number of carboxylic acid groups (broad SMARTS) is 1. The lowest BCUT2D eigenvalue weighted by atomic mass is 10.1. The standard InChI is InChI=1S/C14H18N2O4/c17-13(18)9-20-7-6-15-14(19)16-12-5-4-10-2-1-3-11(10)8-12/h4-5,8H,1-3,6-7,9H2,(H,17,18)(H2,15,16,19). The molecular weight excluding hydrogens is 260 g/mol. The maximum absolute atomic E-state index is 11.6. The van der Waals surface area contributed by atoms with Crippen molar-refractivity contribution >= 4 is 17.7 Å². The number of anilines is 1. The number of aryl methyl sites for hydroxylation is 2. The lowest BCUT2D eigenvalue weighted by Gasteiger charge is -2.09. The van der Waals surface area contributed by atoms with Crippen molar-refractivity contribution in [1.82, 2.24) is 5.32 Å². The zero-order valence-corrected chi connectivity index (χ0v) is 11.1. The van der Waals surface area contributed by atoms with Crippen LogP contribution in [0.15, 0.2) is 18.2 Å². The van der Waals surface area contributed by atoms with Crippen LogP contribution in [-0.2, 0) is 22.4 Å². The molecule has 0 saturated heterocycles. The number of hydrogen-bond donors (Lipinski definition) is 3. The van der Waals surface area contributed by atoms with E-state index in [1.165, 1.54) is 17.5 Å². The summed E-state index contributed by atoms with van der Waals surface area (Å²) in [5, 5.41) is 13.7. The summed E-state index contributed by atoms with van der Waals surface area (Å²) in [7, 11) is 0. The Balaban J connectivity index is 1.70. The highest BCUT2D eigenvalue weighted by molar-refractivity contribution is 5.89. The number of carbonyl (C=O) groups is 2. The van der Waals surface area contributed by atoms with Crippen LogP contribution in [-0.4, -0.2) is 36.9 Å². The molecule has 20 heavy (non-hydrogen) atoms. The summed E-state index contributed by atoms with van der Waals surface area (Å²) in [5.41, 5.74) is 3.43. The Morgan fingerprint density at radius 3 is 2.85 bits per heavy atom. The van der Waals surface area contributed by atoms with Crippen molar-refractivity contribution in [1.29, 1.82) is 0 Å². The highest BCUT2D eigenvalue weighted by Crippen LogP contribution is 2.24. The van der Waals surface area contributed by atoms with Crippen LogP contribution < -0.4 is 10.6 Å². The second kappa shape index (κ2) is 6.91. The first kappa shape index (κ1) is 14.3. The minimum atomic E-state index is -1.02. The average Bonchev–Trinajstić information content (AvgIpc) is 2.85. The number of carbonyl (C=O) groups excluding carboxylic acids is 1. The molecule has 2 rings (SSSR count). The van der Waals surface area contributed by atoms with Crippen LogP contribution in [0.5, 0.6) is 0 Å². The highest BCUT2D eigenvalue weighted by atomic mass is 16.5. The predicted octanol–water partition coefficient (Wildman–Crippen LogP) is 1.40. The van der Waals surface area contributed by atoms with E-state index in [1.807, 2.05) is 18.2 Å². The minimum absolute atomic E-state index is 0.171. The second-order valence-electron chi connectivity index (χ2n) is 4.66. The van der Waals surface area contributed by atoms with E-state index in [0.717, 1.165) is 18.5 Å². The third kappa shape index (κ3) is 4.24. The lowest BCUT2D eigenvalue weighted by Crippen LogP contribution is -2.32. The van der Waals surface area contributed by atoms with Crippen LogP contribution in [0, 0.1) is 0 Å². The maximum atomic E-state index is 11.6. The van der Waals surface area contributed by atoms with Gasteiger partial charge in [-0.25, -0.2) is 9.59 Å². The van der Waals surface area contributed by atoms with Crippen molar-refractivity contribution in [2.75, 3.05) is 25.1 Å². The zero-order valence-electron chi connectivity index (χ0n) is 11.1. The van der Waals surface area contributed by atoms with Crippen molar-refractivity contribution in [3.63, 3.8) is 0 Å². The fraction of sp³-hybridized carbons (Fsp3) is 0.429. The Bertz CT molecular complexity index is 502. The third-order valence-electron chi connectivity index (χ3n) is 3.11. The Labute approximate surface area is 117 Å². The number of rotatable bonds is 6. The van der Waals surface area contributed by atoms with Crippen LogP contribution in [0.25, 0.3) is 0 Å². The second-order valence-corrected chi connectivity index (χ2v) is 4.66. The van der Waals surface area contributed by atoms with Crippen molar-refractivity contribution in [3.05, 3.63) is 29.3 Å². The summed E-state index contributed by atoms with van der Waals surface area (Å²) < 4.78 is 4.81. The largest absolute Gasteiger partial charge is 0.480 e. The topological polar surface area (TPSA) is 87.7 Å². The number of aliphatic carboxylic acids is 1. The number of fused-ring (bicyclic) bond motifs is 1. The molecule has 0 fully saturated rings. The van der Waals surface area contributed by atoms with Gasteiger partial charge in [-0.1, -0.05) is 6.07 Å². The molecule has 0 aliphatic heterocycles. The molecule has 0 saturated carbocycles. The number of nitrogens with one attached hydrogen (secondary N) is 2. The Hall–Kier alpha value is -2.08. The first-order chi connectivity index (χ1) is 9.65. The lowest BCUT2D eigenvalue weighted by molar-refractivity contribution is -0.142. The van der Waals surface area contributed by atoms with Gasteiger partial charge in [0.25, 0.3) is 0 Å². The molecule has 1 aliphatic carbocycles. The quantitative estimate of drug-likeness (QED) is 0.686. The molecule has 6 heteroatoms. The SMILES string of the molecule is O=C(O)COCCNC(=O)Nc1ccc2c(c1)CCC2. The van der Waals surface area contributed by atoms with E-state index in [0.29, 0.717) is 0 Å². The number of benzene rings is 1. The first-order valence-electron chi connectivity index (χ1n) is 6.61. The number of hydrogen-bond acceptors (Lipinski definition) is 3. The normalized spacial score (nSPS) is 12.8. The molecular formula is C14H18N2O4. The highest BCUT2D eigenvalue weighted by Gasteiger charge is 2.11. The van der Waals surface area contributed by atoms with Crippen LogP contribution in [0.3, 0.4) is 0 Å².